The molecule has 2 aliphatic rings. The number of urea groups is 1. The zero-order chi connectivity index (χ0) is 26.8. The second-order valence-corrected chi connectivity index (χ2v) is 10.9. The Morgan fingerprint density at radius 3 is 2.18 bits per heavy atom. The summed E-state index contributed by atoms with van der Waals surface area (Å²) in [5, 5.41) is 9.22. The van der Waals surface area contributed by atoms with E-state index >= 15 is 0 Å². The predicted molar refractivity (Wildman–Crippen MR) is 149 cm³/mol. The fraction of sp³-hybridized carbons (Fsp3) is 0.375. The van der Waals surface area contributed by atoms with Gasteiger partial charge in [0, 0.05) is 24.2 Å². The van der Waals surface area contributed by atoms with Crippen LogP contribution in [0.25, 0.3) is 0 Å². The van der Waals surface area contributed by atoms with Crippen molar-refractivity contribution >= 4 is 6.03 Å². The van der Waals surface area contributed by atoms with Crippen LogP contribution in [0.15, 0.2) is 78.9 Å². The number of nitriles is 1. The molecule has 0 unspecified atom stereocenters. The van der Waals surface area contributed by atoms with Crippen LogP contribution in [-0.2, 0) is 18.6 Å². The molecule has 6 nitrogen and oxygen atoms in total. The van der Waals surface area contributed by atoms with Gasteiger partial charge in [0.15, 0.2) is 0 Å². The van der Waals surface area contributed by atoms with E-state index in [0.29, 0.717) is 25.2 Å². The van der Waals surface area contributed by atoms with Gasteiger partial charge in [-0.05, 0) is 69.1 Å². The van der Waals surface area contributed by atoms with Crippen molar-refractivity contribution in [3.63, 3.8) is 0 Å². The highest BCUT2D eigenvalue weighted by Crippen LogP contribution is 2.49. The molecule has 3 aromatic carbocycles. The van der Waals surface area contributed by atoms with Gasteiger partial charge in [0.05, 0.1) is 30.8 Å². The topological polar surface area (TPSA) is 59.8 Å². The summed E-state index contributed by atoms with van der Waals surface area (Å²) in [6, 6.07) is 28.6. The standard InChI is InChI=1S/C32H36N4O2/c1-34(2)32(28-10-5-4-6-11-28)19-17-31(18-20-32)24-35(23-27-9-7-8-12-29(27)38-3)30(37)36(31)22-26-15-13-25(21-33)14-16-26/h4-16H,17-20,22-24H2,1-3H3/t31-,32+. The number of rotatable bonds is 7. The molecular weight excluding hydrogens is 472 g/mol. The number of carbonyl (C=O) groups is 1. The van der Waals surface area contributed by atoms with Gasteiger partial charge in [0.25, 0.3) is 0 Å². The van der Waals surface area contributed by atoms with Crippen LogP contribution < -0.4 is 4.74 Å². The van der Waals surface area contributed by atoms with Crippen LogP contribution in [0.4, 0.5) is 4.79 Å². The Morgan fingerprint density at radius 2 is 1.55 bits per heavy atom. The van der Waals surface area contributed by atoms with E-state index in [4.69, 9.17) is 4.74 Å². The fourth-order valence-corrected chi connectivity index (χ4v) is 6.45. The molecule has 1 aliphatic heterocycles. The van der Waals surface area contributed by atoms with Crippen LogP contribution >= 0.6 is 0 Å². The van der Waals surface area contributed by atoms with E-state index < -0.39 is 0 Å². The summed E-state index contributed by atoms with van der Waals surface area (Å²) in [6.07, 6.45) is 3.79. The largest absolute Gasteiger partial charge is 0.496 e. The number of methoxy groups -OCH3 is 1. The van der Waals surface area contributed by atoms with E-state index in [0.717, 1.165) is 42.6 Å². The minimum atomic E-state index is -0.249. The monoisotopic (exact) mass is 508 g/mol. The van der Waals surface area contributed by atoms with Gasteiger partial charge < -0.3 is 14.5 Å². The first-order chi connectivity index (χ1) is 18.4. The van der Waals surface area contributed by atoms with Crippen LogP contribution in [0.3, 0.4) is 0 Å². The molecule has 1 spiro atoms. The Hall–Kier alpha value is -3.82. The Kier molecular flexibility index (Phi) is 7.14. The Morgan fingerprint density at radius 1 is 0.895 bits per heavy atom. The van der Waals surface area contributed by atoms with Gasteiger partial charge in [-0.3, -0.25) is 4.90 Å². The number of hydrogen-bond donors (Lipinski definition) is 0. The number of ether oxygens (including phenoxy) is 1. The molecule has 1 heterocycles. The second kappa shape index (κ2) is 10.5. The SMILES string of the molecule is COc1ccccc1CN1C[C@]2(CC[C@](c3ccccc3)(N(C)C)CC2)N(Cc2ccc(C#N)cc2)C1=O. The molecule has 0 N–H and O–H groups in total. The molecular formula is C32H36N4O2. The number of hydrogen-bond acceptors (Lipinski definition) is 4. The molecule has 0 atom stereocenters. The summed E-state index contributed by atoms with van der Waals surface area (Å²) in [7, 11) is 6.02. The van der Waals surface area contributed by atoms with E-state index in [9.17, 15) is 10.1 Å². The summed E-state index contributed by atoms with van der Waals surface area (Å²) in [5.74, 6) is 0.805. The summed E-state index contributed by atoms with van der Waals surface area (Å²) < 4.78 is 5.59. The normalized spacial score (nSPS) is 23.2. The van der Waals surface area contributed by atoms with E-state index in [2.05, 4.69) is 60.3 Å². The molecule has 1 aliphatic carbocycles. The second-order valence-electron chi connectivity index (χ2n) is 10.9. The molecule has 0 bridgehead atoms. The van der Waals surface area contributed by atoms with Crippen LogP contribution in [-0.4, -0.2) is 54.0 Å². The number of carbonyl (C=O) groups excluding carboxylic acids is 1. The highest BCUT2D eigenvalue weighted by Gasteiger charge is 2.54. The van der Waals surface area contributed by atoms with Gasteiger partial charge in [-0.25, -0.2) is 4.79 Å². The highest BCUT2D eigenvalue weighted by molar-refractivity contribution is 5.78. The lowest BCUT2D eigenvalue weighted by Gasteiger charge is -2.51. The Bertz CT molecular complexity index is 1310. The first kappa shape index (κ1) is 25.8. The molecule has 3 aromatic rings. The average molecular weight is 509 g/mol. The van der Waals surface area contributed by atoms with Crippen molar-refractivity contribution in [2.24, 2.45) is 0 Å². The molecule has 6 heteroatoms. The van der Waals surface area contributed by atoms with E-state index in [1.807, 2.05) is 53.4 Å². The third kappa shape index (κ3) is 4.63. The van der Waals surface area contributed by atoms with E-state index in [-0.39, 0.29) is 17.1 Å². The van der Waals surface area contributed by atoms with Gasteiger partial charge in [-0.1, -0.05) is 60.7 Å². The zero-order valence-corrected chi connectivity index (χ0v) is 22.6. The minimum absolute atomic E-state index is 0.0499. The molecule has 5 rings (SSSR count). The molecule has 1 saturated heterocycles. The van der Waals surface area contributed by atoms with Crippen molar-refractivity contribution in [3.8, 4) is 11.8 Å². The molecule has 0 aromatic heterocycles. The van der Waals surface area contributed by atoms with Crippen molar-refractivity contribution in [1.82, 2.24) is 14.7 Å². The van der Waals surface area contributed by atoms with Gasteiger partial charge in [-0.15, -0.1) is 0 Å². The first-order valence-electron chi connectivity index (χ1n) is 13.3. The van der Waals surface area contributed by atoms with Crippen molar-refractivity contribution in [1.29, 1.82) is 5.26 Å². The maximum atomic E-state index is 14.0. The maximum absolute atomic E-state index is 14.0. The molecule has 196 valence electrons. The zero-order valence-electron chi connectivity index (χ0n) is 22.6. The quantitative estimate of drug-likeness (QED) is 0.406. The van der Waals surface area contributed by atoms with Crippen LogP contribution in [0.1, 0.15) is 47.9 Å². The fourth-order valence-electron chi connectivity index (χ4n) is 6.45. The number of amides is 2. The average Bonchev–Trinajstić information content (AvgIpc) is 3.20. The van der Waals surface area contributed by atoms with Crippen molar-refractivity contribution < 1.29 is 9.53 Å². The number of benzene rings is 3. The maximum Gasteiger partial charge on any atom is 0.321 e. The van der Waals surface area contributed by atoms with Crippen molar-refractivity contribution in [3.05, 3.63) is 101 Å². The number of nitrogens with zero attached hydrogens (tertiary/aromatic N) is 4. The summed E-state index contributed by atoms with van der Waals surface area (Å²) in [4.78, 5) is 20.5. The van der Waals surface area contributed by atoms with E-state index in [1.54, 1.807) is 7.11 Å². The summed E-state index contributed by atoms with van der Waals surface area (Å²) in [6.45, 7) is 1.75. The molecule has 2 fully saturated rings. The lowest BCUT2D eigenvalue weighted by Crippen LogP contribution is -2.55. The third-order valence-corrected chi connectivity index (χ3v) is 8.71. The van der Waals surface area contributed by atoms with Crippen LogP contribution in [0.5, 0.6) is 5.75 Å². The number of para-hydroxylation sites is 1. The molecule has 38 heavy (non-hydrogen) atoms. The summed E-state index contributed by atoms with van der Waals surface area (Å²) >= 11 is 0. The Labute approximate surface area is 226 Å². The summed E-state index contributed by atoms with van der Waals surface area (Å²) in [5.41, 5.74) is 3.73. The van der Waals surface area contributed by atoms with Crippen LogP contribution in [0.2, 0.25) is 0 Å². The lowest BCUT2D eigenvalue weighted by atomic mass is 9.68. The van der Waals surface area contributed by atoms with Gasteiger partial charge in [0.1, 0.15) is 5.75 Å². The first-order valence-corrected chi connectivity index (χ1v) is 13.3. The van der Waals surface area contributed by atoms with Crippen molar-refractivity contribution in [2.45, 2.75) is 49.9 Å². The third-order valence-electron chi connectivity index (χ3n) is 8.71. The van der Waals surface area contributed by atoms with Gasteiger partial charge >= 0.3 is 6.03 Å². The minimum Gasteiger partial charge on any atom is -0.496 e. The molecule has 2 amide bonds. The van der Waals surface area contributed by atoms with E-state index in [1.165, 1.54) is 5.56 Å². The predicted octanol–water partition coefficient (Wildman–Crippen LogP) is 5.77. The van der Waals surface area contributed by atoms with Gasteiger partial charge in [-0.2, -0.15) is 5.26 Å². The Balaban J connectivity index is 1.46. The molecule has 1 saturated carbocycles. The molecule has 0 radical (unpaired) electrons. The lowest BCUT2D eigenvalue weighted by molar-refractivity contribution is 0.0221. The van der Waals surface area contributed by atoms with Crippen molar-refractivity contribution in [2.75, 3.05) is 27.7 Å². The van der Waals surface area contributed by atoms with Gasteiger partial charge in [0.2, 0.25) is 0 Å². The highest BCUT2D eigenvalue weighted by atomic mass is 16.5. The van der Waals surface area contributed by atoms with Crippen LogP contribution in [0, 0.1) is 11.3 Å². The smallest absolute Gasteiger partial charge is 0.321 e.